The van der Waals surface area contributed by atoms with E-state index < -0.39 is 0 Å². The Morgan fingerprint density at radius 3 is 2.00 bits per heavy atom. The molecule has 0 unspecified atom stereocenters. The quantitative estimate of drug-likeness (QED) is 0.674. The maximum atomic E-state index is 6.06. The van der Waals surface area contributed by atoms with E-state index >= 15 is 0 Å². The Hall–Kier alpha value is -0.0800. The van der Waals surface area contributed by atoms with Gasteiger partial charge in [0.05, 0.1) is 11.7 Å². The minimum atomic E-state index is 0.0758. The van der Waals surface area contributed by atoms with Crippen molar-refractivity contribution >= 4 is 0 Å². The minimum Gasteiger partial charge on any atom is -0.381 e. The van der Waals surface area contributed by atoms with Crippen molar-refractivity contribution in [2.24, 2.45) is 5.92 Å². The van der Waals surface area contributed by atoms with Crippen LogP contribution in [0.5, 0.6) is 0 Å². The number of hydrogen-bond donors (Lipinski definition) is 0. The lowest BCUT2D eigenvalue weighted by Crippen LogP contribution is -2.45. The number of hydrogen-bond acceptors (Lipinski definition) is 2. The lowest BCUT2D eigenvalue weighted by atomic mass is 9.83. The fourth-order valence-corrected chi connectivity index (χ4v) is 2.02. The normalized spacial score (nSPS) is 22.6. The molecule has 78 valence electrons. The molecule has 13 heavy (non-hydrogen) atoms. The smallest absolute Gasteiger partial charge is 0.0752 e. The van der Waals surface area contributed by atoms with Crippen LogP contribution in [0.25, 0.3) is 0 Å². The largest absolute Gasteiger partial charge is 0.381 e. The summed E-state index contributed by atoms with van der Waals surface area (Å²) in [5.74, 6) is 0.582. The summed E-state index contributed by atoms with van der Waals surface area (Å²) in [7, 11) is 0. The van der Waals surface area contributed by atoms with E-state index in [1.165, 1.54) is 0 Å². The summed E-state index contributed by atoms with van der Waals surface area (Å²) in [6, 6.07) is 0. The molecule has 2 heteroatoms. The molecule has 1 aliphatic rings. The third-order valence-electron chi connectivity index (χ3n) is 2.86. The standard InChI is InChI=1S/C11H22O2/c1-9(2)11(13-10(3)4)5-7-12-8-6-11/h9-10H,5-8H2,1-4H3. The summed E-state index contributed by atoms with van der Waals surface area (Å²) in [5.41, 5.74) is 0.0758. The molecule has 0 aromatic carbocycles. The molecule has 0 aliphatic carbocycles. The van der Waals surface area contributed by atoms with Gasteiger partial charge < -0.3 is 9.47 Å². The highest BCUT2D eigenvalue weighted by Gasteiger charge is 2.37. The van der Waals surface area contributed by atoms with E-state index in [0.29, 0.717) is 12.0 Å². The summed E-state index contributed by atoms with van der Waals surface area (Å²) in [5, 5.41) is 0. The molecule has 0 aromatic heterocycles. The summed E-state index contributed by atoms with van der Waals surface area (Å²) in [4.78, 5) is 0. The van der Waals surface area contributed by atoms with Crippen molar-refractivity contribution in [3.8, 4) is 0 Å². The maximum Gasteiger partial charge on any atom is 0.0752 e. The summed E-state index contributed by atoms with van der Waals surface area (Å²) < 4.78 is 11.4. The minimum absolute atomic E-state index is 0.0758. The van der Waals surface area contributed by atoms with Crippen LogP contribution in [0.4, 0.5) is 0 Å². The van der Waals surface area contributed by atoms with Gasteiger partial charge >= 0.3 is 0 Å². The Kier molecular flexibility index (Phi) is 3.74. The topological polar surface area (TPSA) is 18.5 Å². The first kappa shape index (κ1) is 11.0. The first-order valence-electron chi connectivity index (χ1n) is 5.32. The Balaban J connectivity index is 2.61. The third-order valence-corrected chi connectivity index (χ3v) is 2.86. The number of rotatable bonds is 3. The SMILES string of the molecule is CC(C)OC1(C(C)C)CCOCC1. The van der Waals surface area contributed by atoms with Crippen LogP contribution in [0.1, 0.15) is 40.5 Å². The number of ether oxygens (including phenoxy) is 2. The molecule has 0 N–H and O–H groups in total. The van der Waals surface area contributed by atoms with Crippen LogP contribution in [0.2, 0.25) is 0 Å². The average Bonchev–Trinajstić information content (AvgIpc) is 2.04. The molecular formula is C11H22O2. The monoisotopic (exact) mass is 186 g/mol. The van der Waals surface area contributed by atoms with Crippen LogP contribution in [0, 0.1) is 5.92 Å². The molecule has 1 aliphatic heterocycles. The molecule has 1 rings (SSSR count). The molecule has 0 amide bonds. The van der Waals surface area contributed by atoms with Crippen molar-refractivity contribution in [2.45, 2.75) is 52.2 Å². The Bertz CT molecular complexity index is 146. The van der Waals surface area contributed by atoms with Crippen molar-refractivity contribution in [1.29, 1.82) is 0 Å². The van der Waals surface area contributed by atoms with Gasteiger partial charge in [0.1, 0.15) is 0 Å². The van der Waals surface area contributed by atoms with E-state index in [-0.39, 0.29) is 5.60 Å². The highest BCUT2D eigenvalue weighted by molar-refractivity contribution is 4.87. The van der Waals surface area contributed by atoms with Gasteiger partial charge in [-0.1, -0.05) is 13.8 Å². The first-order chi connectivity index (χ1) is 6.07. The first-order valence-corrected chi connectivity index (χ1v) is 5.32. The van der Waals surface area contributed by atoms with Crippen molar-refractivity contribution in [3.05, 3.63) is 0 Å². The van der Waals surface area contributed by atoms with E-state index in [0.717, 1.165) is 26.1 Å². The van der Waals surface area contributed by atoms with E-state index in [1.807, 2.05) is 0 Å². The zero-order valence-electron chi connectivity index (χ0n) is 9.30. The van der Waals surface area contributed by atoms with Gasteiger partial charge in [0.25, 0.3) is 0 Å². The van der Waals surface area contributed by atoms with Gasteiger partial charge in [0, 0.05) is 26.1 Å². The average molecular weight is 186 g/mol. The Morgan fingerprint density at radius 1 is 1.08 bits per heavy atom. The Morgan fingerprint density at radius 2 is 1.62 bits per heavy atom. The zero-order valence-corrected chi connectivity index (χ0v) is 9.30. The van der Waals surface area contributed by atoms with E-state index in [1.54, 1.807) is 0 Å². The van der Waals surface area contributed by atoms with Crippen molar-refractivity contribution in [1.82, 2.24) is 0 Å². The summed E-state index contributed by atoms with van der Waals surface area (Å²) >= 11 is 0. The second kappa shape index (κ2) is 4.43. The van der Waals surface area contributed by atoms with Crippen molar-refractivity contribution in [3.63, 3.8) is 0 Å². The molecule has 0 bridgehead atoms. The van der Waals surface area contributed by atoms with Gasteiger partial charge in [-0.3, -0.25) is 0 Å². The van der Waals surface area contributed by atoms with Crippen LogP contribution in [0.3, 0.4) is 0 Å². The lowest BCUT2D eigenvalue weighted by molar-refractivity contribution is -0.157. The van der Waals surface area contributed by atoms with Crippen LogP contribution in [-0.2, 0) is 9.47 Å². The van der Waals surface area contributed by atoms with Crippen LogP contribution in [0.15, 0.2) is 0 Å². The molecular weight excluding hydrogens is 164 g/mol. The highest BCUT2D eigenvalue weighted by atomic mass is 16.5. The van der Waals surface area contributed by atoms with Gasteiger partial charge in [-0.2, -0.15) is 0 Å². The second-order valence-corrected chi connectivity index (χ2v) is 4.50. The summed E-state index contributed by atoms with van der Waals surface area (Å²) in [6.45, 7) is 10.4. The maximum absolute atomic E-state index is 6.06. The van der Waals surface area contributed by atoms with Gasteiger partial charge in [-0.05, 0) is 19.8 Å². The summed E-state index contributed by atoms with van der Waals surface area (Å²) in [6.07, 6.45) is 2.41. The van der Waals surface area contributed by atoms with Gasteiger partial charge in [0.2, 0.25) is 0 Å². The third kappa shape index (κ3) is 2.68. The molecule has 0 radical (unpaired) electrons. The van der Waals surface area contributed by atoms with Gasteiger partial charge in [-0.15, -0.1) is 0 Å². The molecule has 2 nitrogen and oxygen atoms in total. The molecule has 0 atom stereocenters. The highest BCUT2D eigenvalue weighted by Crippen LogP contribution is 2.33. The predicted molar refractivity (Wildman–Crippen MR) is 53.8 cm³/mol. The van der Waals surface area contributed by atoms with E-state index in [4.69, 9.17) is 9.47 Å². The van der Waals surface area contributed by atoms with Crippen molar-refractivity contribution in [2.75, 3.05) is 13.2 Å². The molecule has 0 aromatic rings. The van der Waals surface area contributed by atoms with Crippen LogP contribution in [-0.4, -0.2) is 24.9 Å². The molecule has 0 spiro atoms. The molecule has 1 heterocycles. The van der Waals surface area contributed by atoms with E-state index in [2.05, 4.69) is 27.7 Å². The van der Waals surface area contributed by atoms with Gasteiger partial charge in [-0.25, -0.2) is 0 Å². The molecule has 1 saturated heterocycles. The predicted octanol–water partition coefficient (Wildman–Crippen LogP) is 2.62. The fourth-order valence-electron chi connectivity index (χ4n) is 2.02. The van der Waals surface area contributed by atoms with E-state index in [9.17, 15) is 0 Å². The fraction of sp³-hybridized carbons (Fsp3) is 1.00. The second-order valence-electron chi connectivity index (χ2n) is 4.50. The van der Waals surface area contributed by atoms with Crippen molar-refractivity contribution < 1.29 is 9.47 Å². The molecule has 0 saturated carbocycles. The van der Waals surface area contributed by atoms with Crippen LogP contribution < -0.4 is 0 Å². The van der Waals surface area contributed by atoms with Gasteiger partial charge in [0.15, 0.2) is 0 Å². The lowest BCUT2D eigenvalue weighted by Gasteiger charge is -2.42. The molecule has 1 fully saturated rings. The zero-order chi connectivity index (χ0) is 9.90. The Labute approximate surface area is 81.6 Å². The van der Waals surface area contributed by atoms with Crippen LogP contribution >= 0.6 is 0 Å².